The Bertz CT molecular complexity index is 679. The molecule has 6 nitrogen and oxygen atoms in total. The fourth-order valence-corrected chi connectivity index (χ4v) is 2.16. The molecule has 1 atom stereocenters. The molecule has 0 radical (unpaired) electrons. The van der Waals surface area contributed by atoms with Gasteiger partial charge in [0.25, 0.3) is 0 Å². The van der Waals surface area contributed by atoms with Crippen molar-refractivity contribution in [1.29, 1.82) is 0 Å². The first-order valence-electron chi connectivity index (χ1n) is 7.42. The Morgan fingerprint density at radius 1 is 1.21 bits per heavy atom. The summed E-state index contributed by atoms with van der Waals surface area (Å²) in [5, 5.41) is 2.78. The Hall–Kier alpha value is -2.73. The highest BCUT2D eigenvalue weighted by Gasteiger charge is 2.13. The zero-order valence-corrected chi connectivity index (χ0v) is 13.9. The van der Waals surface area contributed by atoms with Gasteiger partial charge in [-0.25, -0.2) is 0 Å². The smallest absolute Gasteiger partial charge is 0.244 e. The minimum Gasteiger partial charge on any atom is -0.493 e. The van der Waals surface area contributed by atoms with Gasteiger partial charge in [-0.3, -0.25) is 4.79 Å². The van der Waals surface area contributed by atoms with Gasteiger partial charge in [-0.2, -0.15) is 0 Å². The molecule has 0 spiro atoms. The standard InChI is InChI=1S/C18H21NO5/c1-21-14-8-6-13(11-16(14)22-2)7-9-18(20)19-12-17(23-3)15-5-4-10-24-15/h4-11,17H,12H2,1-3H3,(H,19,20)/b9-7+/t17-/m1/s1. The van der Waals surface area contributed by atoms with E-state index < -0.39 is 0 Å². The maximum atomic E-state index is 11.9. The number of carbonyl (C=O) groups is 1. The summed E-state index contributed by atoms with van der Waals surface area (Å²) >= 11 is 0. The average Bonchev–Trinajstić information content (AvgIpc) is 3.14. The molecule has 0 saturated carbocycles. The van der Waals surface area contributed by atoms with Crippen LogP contribution in [-0.2, 0) is 9.53 Å². The summed E-state index contributed by atoms with van der Waals surface area (Å²) in [5.74, 6) is 1.69. The molecule has 24 heavy (non-hydrogen) atoms. The molecule has 1 heterocycles. The summed E-state index contributed by atoms with van der Waals surface area (Å²) in [5.41, 5.74) is 0.831. The van der Waals surface area contributed by atoms with Crippen LogP contribution < -0.4 is 14.8 Å². The van der Waals surface area contributed by atoms with E-state index in [1.165, 1.54) is 6.08 Å². The van der Waals surface area contributed by atoms with Gasteiger partial charge < -0.3 is 23.9 Å². The molecule has 0 aliphatic rings. The Morgan fingerprint density at radius 3 is 2.62 bits per heavy atom. The van der Waals surface area contributed by atoms with Crippen molar-refractivity contribution >= 4 is 12.0 Å². The summed E-state index contributed by atoms with van der Waals surface area (Å²) in [7, 11) is 4.71. The summed E-state index contributed by atoms with van der Waals surface area (Å²) in [4.78, 5) is 11.9. The second-order valence-corrected chi connectivity index (χ2v) is 4.93. The predicted octanol–water partition coefficient (Wildman–Crippen LogP) is 2.81. The lowest BCUT2D eigenvalue weighted by molar-refractivity contribution is -0.117. The second kappa shape index (κ2) is 8.79. The van der Waals surface area contributed by atoms with Gasteiger partial charge in [0.05, 0.1) is 27.0 Å². The molecule has 128 valence electrons. The van der Waals surface area contributed by atoms with E-state index >= 15 is 0 Å². The van der Waals surface area contributed by atoms with Crippen molar-refractivity contribution < 1.29 is 23.4 Å². The third-order valence-electron chi connectivity index (χ3n) is 3.44. The van der Waals surface area contributed by atoms with Gasteiger partial charge in [0.15, 0.2) is 11.5 Å². The highest BCUT2D eigenvalue weighted by atomic mass is 16.5. The van der Waals surface area contributed by atoms with Crippen molar-refractivity contribution in [2.24, 2.45) is 0 Å². The van der Waals surface area contributed by atoms with E-state index in [9.17, 15) is 4.79 Å². The van der Waals surface area contributed by atoms with E-state index in [0.29, 0.717) is 23.8 Å². The predicted molar refractivity (Wildman–Crippen MR) is 90.0 cm³/mol. The summed E-state index contributed by atoms with van der Waals surface area (Å²) in [6, 6.07) is 9.00. The van der Waals surface area contributed by atoms with Crippen molar-refractivity contribution in [2.75, 3.05) is 27.9 Å². The quantitative estimate of drug-likeness (QED) is 0.753. The molecule has 0 aliphatic carbocycles. The SMILES string of the molecule is COc1ccc(/C=C/C(=O)NC[C@@H](OC)c2ccco2)cc1OC. The zero-order chi connectivity index (χ0) is 17.4. The fraction of sp³-hybridized carbons (Fsp3) is 0.278. The number of benzene rings is 1. The molecule has 0 unspecified atom stereocenters. The Labute approximate surface area is 141 Å². The second-order valence-electron chi connectivity index (χ2n) is 4.93. The molecular weight excluding hydrogens is 310 g/mol. The number of carbonyl (C=O) groups excluding carboxylic acids is 1. The molecule has 1 aromatic carbocycles. The minimum absolute atomic E-state index is 0.224. The molecule has 1 N–H and O–H groups in total. The summed E-state index contributed by atoms with van der Waals surface area (Å²) in [6.07, 6.45) is 4.40. The number of nitrogens with one attached hydrogen (secondary N) is 1. The van der Waals surface area contributed by atoms with Crippen LogP contribution >= 0.6 is 0 Å². The number of hydrogen-bond donors (Lipinski definition) is 1. The van der Waals surface area contributed by atoms with Crippen LogP contribution in [0.1, 0.15) is 17.4 Å². The average molecular weight is 331 g/mol. The normalized spacial score (nSPS) is 12.1. The first-order chi connectivity index (χ1) is 11.7. The third kappa shape index (κ3) is 4.63. The fourth-order valence-electron chi connectivity index (χ4n) is 2.16. The number of methoxy groups -OCH3 is 3. The van der Waals surface area contributed by atoms with E-state index in [2.05, 4.69) is 5.32 Å². The van der Waals surface area contributed by atoms with Gasteiger partial charge in [-0.15, -0.1) is 0 Å². The summed E-state index contributed by atoms with van der Waals surface area (Å²) in [6.45, 7) is 0.319. The summed E-state index contributed by atoms with van der Waals surface area (Å²) < 4.78 is 21.0. The number of rotatable bonds is 8. The van der Waals surface area contributed by atoms with Crippen LogP contribution in [0.5, 0.6) is 11.5 Å². The van der Waals surface area contributed by atoms with Crippen LogP contribution in [0.3, 0.4) is 0 Å². The maximum Gasteiger partial charge on any atom is 0.244 e. The number of hydrogen-bond acceptors (Lipinski definition) is 5. The first kappa shape index (κ1) is 17.6. The maximum absolute atomic E-state index is 11.9. The Kier molecular flexibility index (Phi) is 6.45. The highest BCUT2D eigenvalue weighted by Crippen LogP contribution is 2.27. The van der Waals surface area contributed by atoms with Crippen molar-refractivity contribution in [2.45, 2.75) is 6.10 Å². The van der Waals surface area contributed by atoms with Gasteiger partial charge in [0, 0.05) is 13.2 Å². The molecule has 0 bridgehead atoms. The molecule has 0 aliphatic heterocycles. The molecule has 6 heteroatoms. The van der Waals surface area contributed by atoms with Gasteiger partial charge in [0.2, 0.25) is 5.91 Å². The molecule has 1 aromatic heterocycles. The number of furan rings is 1. The molecule has 0 saturated heterocycles. The molecule has 0 fully saturated rings. The van der Waals surface area contributed by atoms with Crippen LogP contribution in [0.15, 0.2) is 47.1 Å². The van der Waals surface area contributed by atoms with Crippen LogP contribution in [0.4, 0.5) is 0 Å². The van der Waals surface area contributed by atoms with Crippen molar-refractivity contribution in [1.82, 2.24) is 5.32 Å². The van der Waals surface area contributed by atoms with Gasteiger partial charge in [-0.05, 0) is 35.9 Å². The Morgan fingerprint density at radius 2 is 2.00 bits per heavy atom. The number of ether oxygens (including phenoxy) is 3. The largest absolute Gasteiger partial charge is 0.493 e. The van der Waals surface area contributed by atoms with Gasteiger partial charge in [-0.1, -0.05) is 6.07 Å². The van der Waals surface area contributed by atoms with Gasteiger partial charge >= 0.3 is 0 Å². The topological polar surface area (TPSA) is 69.9 Å². The Balaban J connectivity index is 1.93. The lowest BCUT2D eigenvalue weighted by Crippen LogP contribution is -2.27. The lowest BCUT2D eigenvalue weighted by Gasteiger charge is -2.12. The van der Waals surface area contributed by atoms with Crippen molar-refractivity contribution in [3.63, 3.8) is 0 Å². The first-order valence-corrected chi connectivity index (χ1v) is 7.42. The lowest BCUT2D eigenvalue weighted by atomic mass is 10.2. The highest BCUT2D eigenvalue weighted by molar-refractivity contribution is 5.91. The van der Waals surface area contributed by atoms with E-state index in [0.717, 1.165) is 5.56 Å². The molecule has 2 rings (SSSR count). The van der Waals surface area contributed by atoms with Crippen LogP contribution in [0, 0.1) is 0 Å². The van der Waals surface area contributed by atoms with E-state index in [4.69, 9.17) is 18.6 Å². The molecule has 2 aromatic rings. The van der Waals surface area contributed by atoms with E-state index in [1.54, 1.807) is 57.9 Å². The molecule has 1 amide bonds. The van der Waals surface area contributed by atoms with Crippen molar-refractivity contribution in [3.05, 3.63) is 54.0 Å². The minimum atomic E-state index is -0.321. The molecular formula is C18H21NO5. The van der Waals surface area contributed by atoms with Crippen LogP contribution in [-0.4, -0.2) is 33.8 Å². The third-order valence-corrected chi connectivity index (χ3v) is 3.44. The zero-order valence-electron chi connectivity index (χ0n) is 13.9. The van der Waals surface area contributed by atoms with E-state index in [-0.39, 0.29) is 12.0 Å². The van der Waals surface area contributed by atoms with Crippen LogP contribution in [0.25, 0.3) is 6.08 Å². The monoisotopic (exact) mass is 331 g/mol. The van der Waals surface area contributed by atoms with Crippen LogP contribution in [0.2, 0.25) is 0 Å². The number of amides is 1. The van der Waals surface area contributed by atoms with Gasteiger partial charge in [0.1, 0.15) is 11.9 Å². The van der Waals surface area contributed by atoms with Crippen molar-refractivity contribution in [3.8, 4) is 11.5 Å². The van der Waals surface area contributed by atoms with E-state index in [1.807, 2.05) is 6.07 Å².